The first-order chi connectivity index (χ1) is 9.60. The Bertz CT molecular complexity index is 672. The summed E-state index contributed by atoms with van der Waals surface area (Å²) in [6.45, 7) is 2.90. The number of hydrogen-bond acceptors (Lipinski definition) is 5. The van der Waals surface area contributed by atoms with E-state index in [4.69, 9.17) is 10.4 Å². The normalized spacial score (nSPS) is 10.0. The molecule has 102 valence electrons. The number of carbonyl (C=O) groups is 1. The van der Waals surface area contributed by atoms with Crippen LogP contribution in [0.3, 0.4) is 0 Å². The van der Waals surface area contributed by atoms with Crippen molar-refractivity contribution in [3.05, 3.63) is 41.2 Å². The van der Waals surface area contributed by atoms with E-state index in [0.29, 0.717) is 18.7 Å². The highest BCUT2D eigenvalue weighted by Crippen LogP contribution is 2.15. The fraction of sp³-hybridized carbons (Fsp3) is 0.231. The number of nitrogens with zero attached hydrogens (tertiary/aromatic N) is 4. The predicted molar refractivity (Wildman–Crippen MR) is 71.4 cm³/mol. The third-order valence-electron chi connectivity index (χ3n) is 2.71. The number of aromatic nitrogens is 3. The minimum Gasteiger partial charge on any atom is -0.476 e. The molecule has 0 spiro atoms. The van der Waals surface area contributed by atoms with Crippen LogP contribution in [0.1, 0.15) is 21.6 Å². The lowest BCUT2D eigenvalue weighted by Gasteiger charge is -2.08. The van der Waals surface area contributed by atoms with Gasteiger partial charge in [0.05, 0.1) is 24.0 Å². The number of carboxylic acids is 1. The van der Waals surface area contributed by atoms with E-state index in [1.807, 2.05) is 19.1 Å². The summed E-state index contributed by atoms with van der Waals surface area (Å²) in [7, 11) is 0. The maximum atomic E-state index is 10.7. The minimum absolute atomic E-state index is 0.0851. The number of aromatic carboxylic acids is 1. The quantitative estimate of drug-likeness (QED) is 0.848. The molecular weight excluding hydrogens is 258 g/mol. The molecule has 0 aliphatic heterocycles. The van der Waals surface area contributed by atoms with Crippen molar-refractivity contribution in [2.45, 2.75) is 13.5 Å². The van der Waals surface area contributed by atoms with Gasteiger partial charge in [0.2, 0.25) is 0 Å². The van der Waals surface area contributed by atoms with Crippen molar-refractivity contribution >= 4 is 11.7 Å². The third-order valence-corrected chi connectivity index (χ3v) is 2.71. The van der Waals surface area contributed by atoms with E-state index in [-0.39, 0.29) is 5.69 Å². The Morgan fingerprint density at radius 2 is 2.35 bits per heavy atom. The summed E-state index contributed by atoms with van der Waals surface area (Å²) in [5.74, 6) is -1.10. The van der Waals surface area contributed by atoms with Crippen molar-refractivity contribution in [3.8, 4) is 6.07 Å². The molecule has 1 heterocycles. The van der Waals surface area contributed by atoms with Gasteiger partial charge in [0.15, 0.2) is 5.69 Å². The summed E-state index contributed by atoms with van der Waals surface area (Å²) in [6.07, 6.45) is 1.37. The van der Waals surface area contributed by atoms with Gasteiger partial charge < -0.3 is 10.4 Å². The van der Waals surface area contributed by atoms with Gasteiger partial charge >= 0.3 is 5.97 Å². The van der Waals surface area contributed by atoms with Gasteiger partial charge in [0.25, 0.3) is 0 Å². The maximum Gasteiger partial charge on any atom is 0.358 e. The molecule has 0 aliphatic carbocycles. The van der Waals surface area contributed by atoms with Gasteiger partial charge in [-0.15, -0.1) is 5.10 Å². The molecule has 2 N–H and O–H groups in total. The molecule has 20 heavy (non-hydrogen) atoms. The number of aryl methyl sites for hydroxylation is 1. The summed E-state index contributed by atoms with van der Waals surface area (Å²) < 4.78 is 1.44. The van der Waals surface area contributed by atoms with Crippen molar-refractivity contribution in [2.24, 2.45) is 0 Å². The monoisotopic (exact) mass is 271 g/mol. The van der Waals surface area contributed by atoms with Crippen LogP contribution >= 0.6 is 0 Å². The van der Waals surface area contributed by atoms with Crippen LogP contribution in [-0.2, 0) is 6.54 Å². The smallest absolute Gasteiger partial charge is 0.358 e. The van der Waals surface area contributed by atoms with Gasteiger partial charge in [-0.05, 0) is 24.6 Å². The molecule has 0 saturated heterocycles. The van der Waals surface area contributed by atoms with E-state index in [0.717, 1.165) is 11.3 Å². The molecule has 0 fully saturated rings. The highest BCUT2D eigenvalue weighted by atomic mass is 16.4. The lowest BCUT2D eigenvalue weighted by molar-refractivity contribution is 0.0690. The molecule has 0 saturated carbocycles. The second-order valence-electron chi connectivity index (χ2n) is 4.26. The Morgan fingerprint density at radius 3 is 3.00 bits per heavy atom. The van der Waals surface area contributed by atoms with Gasteiger partial charge in [-0.1, -0.05) is 11.3 Å². The van der Waals surface area contributed by atoms with Crippen LogP contribution in [0.4, 0.5) is 5.69 Å². The van der Waals surface area contributed by atoms with Crippen molar-refractivity contribution in [3.63, 3.8) is 0 Å². The topological polar surface area (TPSA) is 104 Å². The molecule has 1 aromatic heterocycles. The average molecular weight is 271 g/mol. The van der Waals surface area contributed by atoms with Crippen molar-refractivity contribution in [1.29, 1.82) is 5.26 Å². The number of hydrogen-bond donors (Lipinski definition) is 2. The second kappa shape index (κ2) is 5.84. The van der Waals surface area contributed by atoms with Gasteiger partial charge in [0, 0.05) is 6.54 Å². The van der Waals surface area contributed by atoms with Crippen LogP contribution in [0.25, 0.3) is 0 Å². The molecule has 0 unspecified atom stereocenters. The molecule has 0 amide bonds. The first kappa shape index (κ1) is 13.5. The van der Waals surface area contributed by atoms with Gasteiger partial charge in [-0.25, -0.2) is 9.48 Å². The van der Waals surface area contributed by atoms with Crippen molar-refractivity contribution in [1.82, 2.24) is 15.0 Å². The summed E-state index contributed by atoms with van der Waals surface area (Å²) >= 11 is 0. The van der Waals surface area contributed by atoms with Gasteiger partial charge in [-0.2, -0.15) is 5.26 Å². The maximum absolute atomic E-state index is 10.7. The lowest BCUT2D eigenvalue weighted by Crippen LogP contribution is -2.11. The zero-order valence-electron chi connectivity index (χ0n) is 10.9. The van der Waals surface area contributed by atoms with Crippen LogP contribution in [0.2, 0.25) is 0 Å². The Balaban J connectivity index is 1.96. The lowest BCUT2D eigenvalue weighted by atomic mass is 10.1. The number of rotatable bonds is 5. The average Bonchev–Trinajstić information content (AvgIpc) is 2.89. The molecule has 2 rings (SSSR count). The van der Waals surface area contributed by atoms with Crippen molar-refractivity contribution < 1.29 is 9.90 Å². The largest absolute Gasteiger partial charge is 0.476 e. The van der Waals surface area contributed by atoms with Gasteiger partial charge in [0.1, 0.15) is 6.07 Å². The van der Waals surface area contributed by atoms with E-state index in [1.54, 1.807) is 6.07 Å². The van der Waals surface area contributed by atoms with Crippen LogP contribution in [0.15, 0.2) is 24.4 Å². The first-order valence-electron chi connectivity index (χ1n) is 5.98. The molecule has 0 atom stereocenters. The molecule has 1 aromatic carbocycles. The molecule has 0 bridgehead atoms. The molecule has 0 aliphatic rings. The zero-order chi connectivity index (χ0) is 14.5. The van der Waals surface area contributed by atoms with Crippen molar-refractivity contribution in [2.75, 3.05) is 11.9 Å². The molecule has 2 aromatic rings. The van der Waals surface area contributed by atoms with E-state index >= 15 is 0 Å². The van der Waals surface area contributed by atoms with E-state index in [2.05, 4.69) is 21.7 Å². The zero-order valence-corrected chi connectivity index (χ0v) is 10.9. The predicted octanol–water partition coefficient (Wildman–Crippen LogP) is 1.27. The molecular formula is C13H13N5O2. The van der Waals surface area contributed by atoms with Crippen LogP contribution in [-0.4, -0.2) is 32.6 Å². The molecule has 0 radical (unpaired) electrons. The van der Waals surface area contributed by atoms with E-state index in [1.165, 1.54) is 10.9 Å². The van der Waals surface area contributed by atoms with E-state index < -0.39 is 5.97 Å². The Morgan fingerprint density at radius 1 is 1.55 bits per heavy atom. The number of nitriles is 1. The number of nitrogens with one attached hydrogen (secondary N) is 1. The summed E-state index contributed by atoms with van der Waals surface area (Å²) in [6, 6.07) is 7.70. The van der Waals surface area contributed by atoms with Gasteiger partial charge in [-0.3, -0.25) is 0 Å². The molecule has 7 heteroatoms. The first-order valence-corrected chi connectivity index (χ1v) is 5.98. The summed E-state index contributed by atoms with van der Waals surface area (Å²) in [4.78, 5) is 10.7. The fourth-order valence-corrected chi connectivity index (χ4v) is 1.72. The highest BCUT2D eigenvalue weighted by Gasteiger charge is 2.08. The SMILES string of the molecule is Cc1ccc(NCCn2cc(C(=O)O)nn2)c(C#N)c1. The molecule has 7 nitrogen and oxygen atoms in total. The van der Waals surface area contributed by atoms with E-state index in [9.17, 15) is 4.79 Å². The number of anilines is 1. The number of benzene rings is 1. The Hall–Kier alpha value is -2.88. The second-order valence-corrected chi connectivity index (χ2v) is 4.26. The highest BCUT2D eigenvalue weighted by molar-refractivity contribution is 5.84. The standard InChI is InChI=1S/C13H13N5O2/c1-9-2-3-11(10(6-9)7-14)15-4-5-18-8-12(13(19)20)16-17-18/h2-3,6,8,15H,4-5H2,1H3,(H,19,20). The van der Waals surface area contributed by atoms with Crippen LogP contribution in [0.5, 0.6) is 0 Å². The Labute approximate surface area is 115 Å². The fourth-order valence-electron chi connectivity index (χ4n) is 1.72. The van der Waals surface area contributed by atoms with Crippen LogP contribution < -0.4 is 5.32 Å². The summed E-state index contributed by atoms with van der Waals surface area (Å²) in [5.41, 5.74) is 2.26. The Kier molecular flexibility index (Phi) is 3.96. The third kappa shape index (κ3) is 3.11. The van der Waals surface area contributed by atoms with Crippen LogP contribution in [0, 0.1) is 18.3 Å². The summed E-state index contributed by atoms with van der Waals surface area (Å²) in [5, 5.41) is 28.1. The number of carboxylic acid groups (broad SMARTS) is 1. The minimum atomic E-state index is -1.10.